The third-order valence-electron chi connectivity index (χ3n) is 5.22. The Morgan fingerprint density at radius 1 is 1.03 bits per heavy atom. The van der Waals surface area contributed by atoms with Gasteiger partial charge in [0.05, 0.1) is 11.8 Å². The number of hydrogen-bond acceptors (Lipinski definition) is 5. The SMILES string of the molecule is Cc1nc2nc(SCC(=O)NC(c3ccccc3)c3ccc(Cl)cc3)nn2c(C)c1C. The van der Waals surface area contributed by atoms with Crippen LogP contribution in [0.3, 0.4) is 0 Å². The standard InChI is InChI=1S/C23H22ClN5OS/c1-14-15(2)25-22-27-23(28-29(22)16(14)3)31-13-20(30)26-21(17-7-5-4-6-8-17)18-9-11-19(24)12-10-18/h4-12,21H,13H2,1-3H3,(H,26,30). The zero-order valence-corrected chi connectivity index (χ0v) is 19.0. The Balaban J connectivity index is 1.50. The van der Waals surface area contributed by atoms with E-state index in [2.05, 4.69) is 20.4 Å². The average molecular weight is 452 g/mol. The maximum Gasteiger partial charge on any atom is 0.253 e. The topological polar surface area (TPSA) is 72.2 Å². The van der Waals surface area contributed by atoms with E-state index in [-0.39, 0.29) is 17.7 Å². The maximum atomic E-state index is 12.8. The number of aromatic nitrogens is 4. The second-order valence-electron chi connectivity index (χ2n) is 7.27. The van der Waals surface area contributed by atoms with Crippen molar-refractivity contribution in [2.45, 2.75) is 32.0 Å². The molecule has 0 saturated carbocycles. The number of carbonyl (C=O) groups is 1. The van der Waals surface area contributed by atoms with Gasteiger partial charge in [-0.1, -0.05) is 65.8 Å². The second-order valence-corrected chi connectivity index (χ2v) is 8.64. The molecule has 1 N–H and O–H groups in total. The van der Waals surface area contributed by atoms with Crippen LogP contribution in [0.4, 0.5) is 0 Å². The quantitative estimate of drug-likeness (QED) is 0.430. The number of thioether (sulfide) groups is 1. The van der Waals surface area contributed by atoms with Crippen molar-refractivity contribution in [3.05, 3.63) is 87.7 Å². The number of carbonyl (C=O) groups excluding carboxylic acids is 1. The molecule has 1 atom stereocenters. The predicted molar refractivity (Wildman–Crippen MR) is 124 cm³/mol. The van der Waals surface area contributed by atoms with Crippen molar-refractivity contribution >= 4 is 35.0 Å². The largest absolute Gasteiger partial charge is 0.344 e. The number of aryl methyl sites for hydroxylation is 2. The second kappa shape index (κ2) is 9.08. The zero-order chi connectivity index (χ0) is 22.0. The first-order chi connectivity index (χ1) is 14.9. The fourth-order valence-electron chi connectivity index (χ4n) is 3.29. The van der Waals surface area contributed by atoms with E-state index in [0.29, 0.717) is 16.0 Å². The van der Waals surface area contributed by atoms with Crippen LogP contribution in [0.2, 0.25) is 5.02 Å². The molecule has 158 valence electrons. The van der Waals surface area contributed by atoms with Gasteiger partial charge in [0.1, 0.15) is 0 Å². The van der Waals surface area contributed by atoms with E-state index in [1.807, 2.05) is 75.4 Å². The molecule has 0 spiro atoms. The van der Waals surface area contributed by atoms with Crippen LogP contribution in [-0.4, -0.2) is 31.2 Å². The van der Waals surface area contributed by atoms with E-state index in [4.69, 9.17) is 11.6 Å². The van der Waals surface area contributed by atoms with Crippen LogP contribution >= 0.6 is 23.4 Å². The van der Waals surface area contributed by atoms with Crippen LogP contribution in [0.5, 0.6) is 0 Å². The molecule has 0 aliphatic carbocycles. The molecule has 0 radical (unpaired) electrons. The Morgan fingerprint density at radius 3 is 2.42 bits per heavy atom. The minimum Gasteiger partial charge on any atom is -0.344 e. The molecule has 2 aromatic carbocycles. The normalized spacial score (nSPS) is 12.1. The van der Waals surface area contributed by atoms with Crippen LogP contribution in [0.1, 0.15) is 34.1 Å². The van der Waals surface area contributed by atoms with E-state index in [1.165, 1.54) is 11.8 Å². The molecule has 0 aliphatic heterocycles. The molecule has 8 heteroatoms. The summed E-state index contributed by atoms with van der Waals surface area (Å²) in [7, 11) is 0. The van der Waals surface area contributed by atoms with Gasteiger partial charge < -0.3 is 5.32 Å². The number of rotatable bonds is 6. The fourth-order valence-corrected chi connectivity index (χ4v) is 4.05. The molecule has 1 amide bonds. The smallest absolute Gasteiger partial charge is 0.253 e. The summed E-state index contributed by atoms with van der Waals surface area (Å²) in [6.45, 7) is 5.96. The highest BCUT2D eigenvalue weighted by Crippen LogP contribution is 2.24. The first kappa shape index (κ1) is 21.3. The Labute approximate surface area is 190 Å². The van der Waals surface area contributed by atoms with Gasteiger partial charge in [-0.25, -0.2) is 9.50 Å². The first-order valence-electron chi connectivity index (χ1n) is 9.85. The lowest BCUT2D eigenvalue weighted by molar-refractivity contribution is -0.119. The number of nitrogens with one attached hydrogen (secondary N) is 1. The highest BCUT2D eigenvalue weighted by molar-refractivity contribution is 7.99. The van der Waals surface area contributed by atoms with Gasteiger partial charge in [0, 0.05) is 16.4 Å². The van der Waals surface area contributed by atoms with Crippen molar-refractivity contribution in [3.8, 4) is 0 Å². The highest BCUT2D eigenvalue weighted by Gasteiger charge is 2.18. The molecule has 0 aliphatic rings. The minimum atomic E-state index is -0.269. The van der Waals surface area contributed by atoms with Crippen molar-refractivity contribution in [1.82, 2.24) is 24.9 Å². The predicted octanol–water partition coefficient (Wildman–Crippen LogP) is 4.70. The average Bonchev–Trinajstić information content (AvgIpc) is 3.19. The molecule has 31 heavy (non-hydrogen) atoms. The Hall–Kier alpha value is -2.90. The summed E-state index contributed by atoms with van der Waals surface area (Å²) < 4.78 is 1.73. The number of hydrogen-bond donors (Lipinski definition) is 1. The number of fused-ring (bicyclic) bond motifs is 1. The summed E-state index contributed by atoms with van der Waals surface area (Å²) in [4.78, 5) is 21.7. The molecule has 2 aromatic heterocycles. The zero-order valence-electron chi connectivity index (χ0n) is 17.5. The summed E-state index contributed by atoms with van der Waals surface area (Å²) in [5.41, 5.74) is 4.98. The molecule has 1 unspecified atom stereocenters. The van der Waals surface area contributed by atoms with E-state index >= 15 is 0 Å². The lowest BCUT2D eigenvalue weighted by atomic mass is 9.99. The molecule has 0 fully saturated rings. The molecule has 4 aromatic rings. The molecule has 6 nitrogen and oxygen atoms in total. The Morgan fingerprint density at radius 2 is 1.71 bits per heavy atom. The molecule has 2 heterocycles. The Kier molecular flexibility index (Phi) is 6.25. The van der Waals surface area contributed by atoms with Gasteiger partial charge in [-0.15, -0.1) is 5.10 Å². The van der Waals surface area contributed by atoms with Crippen molar-refractivity contribution in [2.75, 3.05) is 5.75 Å². The lowest BCUT2D eigenvalue weighted by Gasteiger charge is -2.20. The van der Waals surface area contributed by atoms with Crippen LogP contribution < -0.4 is 5.32 Å². The summed E-state index contributed by atoms with van der Waals surface area (Å²) >= 11 is 7.33. The van der Waals surface area contributed by atoms with Gasteiger partial charge in [0.2, 0.25) is 11.1 Å². The summed E-state index contributed by atoms with van der Waals surface area (Å²) in [6.07, 6.45) is 0. The van der Waals surface area contributed by atoms with Crippen LogP contribution in [0.15, 0.2) is 59.8 Å². The van der Waals surface area contributed by atoms with Crippen LogP contribution in [0, 0.1) is 20.8 Å². The van der Waals surface area contributed by atoms with Gasteiger partial charge in [-0.05, 0) is 49.6 Å². The fraction of sp³-hybridized carbons (Fsp3) is 0.217. The van der Waals surface area contributed by atoms with Gasteiger partial charge in [-0.2, -0.15) is 4.98 Å². The number of nitrogens with zero attached hydrogens (tertiary/aromatic N) is 4. The third kappa shape index (κ3) is 4.73. The Bertz CT molecular complexity index is 1220. The van der Waals surface area contributed by atoms with Crippen molar-refractivity contribution < 1.29 is 4.79 Å². The van der Waals surface area contributed by atoms with Crippen molar-refractivity contribution in [2.24, 2.45) is 0 Å². The van der Waals surface area contributed by atoms with E-state index in [0.717, 1.165) is 28.1 Å². The molecular formula is C23H22ClN5OS. The number of amides is 1. The molecule has 0 bridgehead atoms. The van der Waals surface area contributed by atoms with E-state index < -0.39 is 0 Å². The summed E-state index contributed by atoms with van der Waals surface area (Å²) in [5, 5.41) is 8.81. The molecule has 4 rings (SSSR count). The maximum absolute atomic E-state index is 12.8. The summed E-state index contributed by atoms with van der Waals surface area (Å²) in [6, 6.07) is 17.1. The van der Waals surface area contributed by atoms with E-state index in [1.54, 1.807) is 4.52 Å². The van der Waals surface area contributed by atoms with E-state index in [9.17, 15) is 4.79 Å². The minimum absolute atomic E-state index is 0.107. The van der Waals surface area contributed by atoms with Gasteiger partial charge in [-0.3, -0.25) is 4.79 Å². The molecular weight excluding hydrogens is 430 g/mol. The highest BCUT2D eigenvalue weighted by atomic mass is 35.5. The van der Waals surface area contributed by atoms with Gasteiger partial charge in [0.25, 0.3) is 5.78 Å². The van der Waals surface area contributed by atoms with Crippen LogP contribution in [0.25, 0.3) is 5.78 Å². The molecule has 0 saturated heterocycles. The van der Waals surface area contributed by atoms with Gasteiger partial charge in [0.15, 0.2) is 0 Å². The first-order valence-corrected chi connectivity index (χ1v) is 11.2. The van der Waals surface area contributed by atoms with Crippen LogP contribution in [-0.2, 0) is 4.79 Å². The third-order valence-corrected chi connectivity index (χ3v) is 6.31. The lowest BCUT2D eigenvalue weighted by Crippen LogP contribution is -2.30. The van der Waals surface area contributed by atoms with Crippen molar-refractivity contribution in [3.63, 3.8) is 0 Å². The summed E-state index contributed by atoms with van der Waals surface area (Å²) in [5.74, 6) is 0.640. The monoisotopic (exact) mass is 451 g/mol. The van der Waals surface area contributed by atoms with Crippen molar-refractivity contribution in [1.29, 1.82) is 0 Å². The van der Waals surface area contributed by atoms with Gasteiger partial charge >= 0.3 is 0 Å². The number of benzene rings is 2. The number of halogens is 1.